The van der Waals surface area contributed by atoms with Crippen LogP contribution in [0.5, 0.6) is 28.7 Å². The molecular formula is C26H21ClN2O5. The summed E-state index contributed by atoms with van der Waals surface area (Å²) in [7, 11) is 0. The van der Waals surface area contributed by atoms with Gasteiger partial charge in [-0.1, -0.05) is 35.9 Å². The molecule has 2 aliphatic rings. The molecule has 0 saturated carbocycles. The molecule has 0 unspecified atom stereocenters. The van der Waals surface area contributed by atoms with Crippen LogP contribution in [0.2, 0.25) is 5.02 Å². The standard InChI is InChI=1S/C26H21ClN2O5/c1-2-30-22-9-15(7-8-20(22)31-13-16-5-3-4-6-19(16)27)25-17-10-23-24(33-14-32-23)11-21(17)34-26(29)18(25)12-28/h3-11,25H,2,13-14,29H2,1H3/t25-/m1/s1. The third-order valence-corrected chi connectivity index (χ3v) is 6.02. The minimum absolute atomic E-state index is 0.0517. The van der Waals surface area contributed by atoms with Crippen LogP contribution in [0.1, 0.15) is 29.5 Å². The summed E-state index contributed by atoms with van der Waals surface area (Å²) in [5.41, 5.74) is 8.85. The highest BCUT2D eigenvalue weighted by Gasteiger charge is 2.33. The average molecular weight is 477 g/mol. The molecule has 0 bridgehead atoms. The van der Waals surface area contributed by atoms with E-state index in [1.54, 1.807) is 6.07 Å². The van der Waals surface area contributed by atoms with Gasteiger partial charge in [0.15, 0.2) is 23.0 Å². The molecule has 0 spiro atoms. The van der Waals surface area contributed by atoms with Gasteiger partial charge < -0.3 is 29.4 Å². The van der Waals surface area contributed by atoms with Crippen LogP contribution in [0.4, 0.5) is 0 Å². The third-order valence-electron chi connectivity index (χ3n) is 5.65. The molecule has 0 amide bonds. The fourth-order valence-corrected chi connectivity index (χ4v) is 4.24. The predicted molar refractivity (Wildman–Crippen MR) is 125 cm³/mol. The molecule has 0 aromatic heterocycles. The topological polar surface area (TPSA) is 96.0 Å². The lowest BCUT2D eigenvalue weighted by Crippen LogP contribution is -2.21. The van der Waals surface area contributed by atoms with Crippen LogP contribution in [-0.2, 0) is 6.61 Å². The highest BCUT2D eigenvalue weighted by atomic mass is 35.5. The molecule has 3 aromatic rings. The molecule has 5 rings (SSSR count). The summed E-state index contributed by atoms with van der Waals surface area (Å²) in [6.45, 7) is 2.76. The first-order valence-corrected chi connectivity index (χ1v) is 11.1. The Balaban J connectivity index is 1.53. The maximum absolute atomic E-state index is 9.88. The maximum Gasteiger partial charge on any atom is 0.231 e. The van der Waals surface area contributed by atoms with Crippen LogP contribution >= 0.6 is 11.6 Å². The van der Waals surface area contributed by atoms with Crippen molar-refractivity contribution in [3.05, 3.63) is 87.8 Å². The normalized spacial score (nSPS) is 15.9. The molecular weight excluding hydrogens is 456 g/mol. The van der Waals surface area contributed by atoms with Crippen LogP contribution < -0.4 is 29.4 Å². The van der Waals surface area contributed by atoms with Gasteiger partial charge in [0, 0.05) is 22.2 Å². The minimum Gasteiger partial charge on any atom is -0.490 e. The second-order valence-electron chi connectivity index (χ2n) is 7.69. The molecule has 8 heteroatoms. The van der Waals surface area contributed by atoms with Gasteiger partial charge in [-0.25, -0.2) is 0 Å². The van der Waals surface area contributed by atoms with Gasteiger partial charge in [0.2, 0.25) is 12.7 Å². The van der Waals surface area contributed by atoms with Crippen LogP contribution in [0.25, 0.3) is 0 Å². The summed E-state index contributed by atoms with van der Waals surface area (Å²) < 4.78 is 28.7. The van der Waals surface area contributed by atoms with Crippen LogP contribution in [0, 0.1) is 11.3 Å². The molecule has 0 fully saturated rings. The quantitative estimate of drug-likeness (QED) is 0.518. The maximum atomic E-state index is 9.88. The van der Waals surface area contributed by atoms with Crippen molar-refractivity contribution in [1.82, 2.24) is 0 Å². The zero-order valence-corrected chi connectivity index (χ0v) is 19.1. The van der Waals surface area contributed by atoms with Crippen molar-refractivity contribution in [3.8, 4) is 34.8 Å². The van der Waals surface area contributed by atoms with Gasteiger partial charge in [0.25, 0.3) is 0 Å². The average Bonchev–Trinajstić information content (AvgIpc) is 3.29. The van der Waals surface area contributed by atoms with Crippen LogP contribution in [0.3, 0.4) is 0 Å². The molecule has 7 nitrogen and oxygen atoms in total. The number of hydrogen-bond acceptors (Lipinski definition) is 7. The Morgan fingerprint density at radius 2 is 1.82 bits per heavy atom. The lowest BCUT2D eigenvalue weighted by Gasteiger charge is -2.27. The van der Waals surface area contributed by atoms with Crippen molar-refractivity contribution in [1.29, 1.82) is 5.26 Å². The summed E-state index contributed by atoms with van der Waals surface area (Å²) >= 11 is 6.26. The highest BCUT2D eigenvalue weighted by Crippen LogP contribution is 2.48. The zero-order chi connectivity index (χ0) is 23.7. The van der Waals surface area contributed by atoms with E-state index in [4.69, 9.17) is 41.0 Å². The van der Waals surface area contributed by atoms with Crippen molar-refractivity contribution in [2.45, 2.75) is 19.4 Å². The lowest BCUT2D eigenvalue weighted by atomic mass is 9.83. The molecule has 2 heterocycles. The van der Waals surface area contributed by atoms with E-state index in [1.807, 2.05) is 55.5 Å². The van der Waals surface area contributed by atoms with Gasteiger partial charge in [0.1, 0.15) is 24.0 Å². The largest absolute Gasteiger partial charge is 0.490 e. The number of halogens is 1. The van der Waals surface area contributed by atoms with Gasteiger partial charge in [-0.3, -0.25) is 0 Å². The van der Waals surface area contributed by atoms with Gasteiger partial charge >= 0.3 is 0 Å². The molecule has 0 saturated heterocycles. The number of allylic oxidation sites excluding steroid dienone is 1. The molecule has 172 valence electrons. The Labute approximate surface area is 201 Å². The van der Waals surface area contributed by atoms with E-state index >= 15 is 0 Å². The smallest absolute Gasteiger partial charge is 0.231 e. The van der Waals surface area contributed by atoms with E-state index in [1.165, 1.54) is 0 Å². The second-order valence-corrected chi connectivity index (χ2v) is 8.09. The first-order chi connectivity index (χ1) is 16.6. The summed E-state index contributed by atoms with van der Waals surface area (Å²) in [5.74, 6) is 2.38. The van der Waals surface area contributed by atoms with Gasteiger partial charge in [-0.05, 0) is 36.8 Å². The summed E-state index contributed by atoms with van der Waals surface area (Å²) in [6.07, 6.45) is 0. The molecule has 2 N–H and O–H groups in total. The molecule has 3 aromatic carbocycles. The Morgan fingerprint density at radius 1 is 1.03 bits per heavy atom. The van der Waals surface area contributed by atoms with E-state index in [-0.39, 0.29) is 12.7 Å². The van der Waals surface area contributed by atoms with Crippen molar-refractivity contribution in [2.75, 3.05) is 13.4 Å². The Bertz CT molecular complexity index is 1330. The number of benzene rings is 3. The van der Waals surface area contributed by atoms with Crippen molar-refractivity contribution in [2.24, 2.45) is 5.73 Å². The minimum atomic E-state index is -0.472. The fourth-order valence-electron chi connectivity index (χ4n) is 4.05. The highest BCUT2D eigenvalue weighted by molar-refractivity contribution is 6.31. The molecule has 34 heavy (non-hydrogen) atoms. The van der Waals surface area contributed by atoms with E-state index in [2.05, 4.69) is 6.07 Å². The fraction of sp³-hybridized carbons (Fsp3) is 0.192. The van der Waals surface area contributed by atoms with E-state index in [9.17, 15) is 5.26 Å². The summed E-state index contributed by atoms with van der Waals surface area (Å²) in [5, 5.41) is 10.5. The molecule has 0 aliphatic carbocycles. The SMILES string of the molecule is CCOc1cc([C@H]2C(C#N)=C(N)Oc3cc4c(cc32)OCO4)ccc1OCc1ccccc1Cl. The Hall–Kier alpha value is -4.02. The lowest BCUT2D eigenvalue weighted by molar-refractivity contribution is 0.174. The first kappa shape index (κ1) is 21.8. The van der Waals surface area contributed by atoms with Gasteiger partial charge in [-0.2, -0.15) is 5.26 Å². The Morgan fingerprint density at radius 3 is 2.59 bits per heavy atom. The summed E-state index contributed by atoms with van der Waals surface area (Å²) in [6, 6.07) is 18.8. The van der Waals surface area contributed by atoms with E-state index < -0.39 is 5.92 Å². The first-order valence-electron chi connectivity index (χ1n) is 10.7. The number of nitrogens with zero attached hydrogens (tertiary/aromatic N) is 1. The van der Waals surface area contributed by atoms with Crippen molar-refractivity contribution < 1.29 is 23.7 Å². The van der Waals surface area contributed by atoms with E-state index in [0.29, 0.717) is 52.6 Å². The second kappa shape index (κ2) is 9.08. The number of nitrogens with two attached hydrogens (primary N) is 1. The van der Waals surface area contributed by atoms with Crippen molar-refractivity contribution >= 4 is 11.6 Å². The van der Waals surface area contributed by atoms with Gasteiger partial charge in [0.05, 0.1) is 12.5 Å². The zero-order valence-electron chi connectivity index (χ0n) is 18.3. The van der Waals surface area contributed by atoms with Crippen molar-refractivity contribution in [3.63, 3.8) is 0 Å². The third kappa shape index (κ3) is 3.93. The van der Waals surface area contributed by atoms with Crippen LogP contribution in [0.15, 0.2) is 66.1 Å². The number of ether oxygens (including phenoxy) is 5. The van der Waals surface area contributed by atoms with Crippen LogP contribution in [-0.4, -0.2) is 13.4 Å². The number of rotatable bonds is 6. The number of fused-ring (bicyclic) bond motifs is 2. The number of hydrogen-bond donors (Lipinski definition) is 1. The number of nitriles is 1. The molecule has 0 radical (unpaired) electrons. The molecule has 2 aliphatic heterocycles. The molecule has 1 atom stereocenters. The Kier molecular flexibility index (Phi) is 5.83. The summed E-state index contributed by atoms with van der Waals surface area (Å²) in [4.78, 5) is 0. The predicted octanol–water partition coefficient (Wildman–Crippen LogP) is 5.26. The monoisotopic (exact) mass is 476 g/mol. The van der Waals surface area contributed by atoms with Gasteiger partial charge in [-0.15, -0.1) is 0 Å². The van der Waals surface area contributed by atoms with E-state index in [0.717, 1.165) is 16.7 Å².